The number of anilines is 1. The first-order valence-corrected chi connectivity index (χ1v) is 7.22. The summed E-state index contributed by atoms with van der Waals surface area (Å²) >= 11 is 2.14. The summed E-state index contributed by atoms with van der Waals surface area (Å²) in [5, 5.41) is 4.38. The Bertz CT molecular complexity index is 579. The second-order valence-electron chi connectivity index (χ2n) is 4.70. The van der Waals surface area contributed by atoms with Gasteiger partial charge in [0.05, 0.1) is 13.2 Å². The van der Waals surface area contributed by atoms with E-state index in [-0.39, 0.29) is 6.10 Å². The van der Waals surface area contributed by atoms with E-state index in [1.807, 2.05) is 18.8 Å². The summed E-state index contributed by atoms with van der Waals surface area (Å²) in [6.07, 6.45) is -0.110. The van der Waals surface area contributed by atoms with Gasteiger partial charge >= 0.3 is 0 Å². The van der Waals surface area contributed by atoms with Crippen LogP contribution in [0.2, 0.25) is 0 Å². The number of halogens is 1. The third-order valence-electron chi connectivity index (χ3n) is 3.21. The quantitative estimate of drug-likeness (QED) is 0.760. The van der Waals surface area contributed by atoms with E-state index in [9.17, 15) is 0 Å². The molecule has 1 atom stereocenters. The molecule has 0 amide bonds. The van der Waals surface area contributed by atoms with E-state index in [4.69, 9.17) is 4.74 Å². The monoisotopic (exact) mass is 370 g/mol. The number of hydrogen-bond donors (Lipinski definition) is 0. The molecule has 6 heteroatoms. The van der Waals surface area contributed by atoms with Crippen LogP contribution < -0.4 is 4.90 Å². The lowest BCUT2D eigenvalue weighted by Gasteiger charge is -2.23. The highest BCUT2D eigenvalue weighted by Gasteiger charge is 2.26. The summed E-state index contributed by atoms with van der Waals surface area (Å²) in [6, 6.07) is 8.38. The molecular weight excluding hydrogens is 355 g/mol. The van der Waals surface area contributed by atoms with Crippen molar-refractivity contribution in [2.45, 2.75) is 12.6 Å². The predicted octanol–water partition coefficient (Wildman–Crippen LogP) is 2.07. The standard InChI is InChI=1S/C13H15IN4O/c1-17(2)10-5-3-9(4-6-10)11-12-15-13(14)16-18(12)7-8-19-11/h3-6,11H,7-8H2,1-2H3/t11-/m0/s1. The predicted molar refractivity (Wildman–Crippen MR) is 81.3 cm³/mol. The normalized spacial score (nSPS) is 18.2. The van der Waals surface area contributed by atoms with Gasteiger partial charge in [0.15, 0.2) is 5.82 Å². The van der Waals surface area contributed by atoms with Crippen molar-refractivity contribution in [1.29, 1.82) is 0 Å². The number of benzene rings is 1. The first kappa shape index (κ1) is 12.9. The van der Waals surface area contributed by atoms with E-state index in [2.05, 4.69) is 61.8 Å². The van der Waals surface area contributed by atoms with Crippen molar-refractivity contribution in [2.24, 2.45) is 0 Å². The smallest absolute Gasteiger partial charge is 0.211 e. The molecule has 1 aromatic carbocycles. The molecule has 1 aromatic heterocycles. The van der Waals surface area contributed by atoms with Crippen LogP contribution in [0.25, 0.3) is 0 Å². The van der Waals surface area contributed by atoms with Gasteiger partial charge in [-0.05, 0) is 17.7 Å². The fourth-order valence-electron chi connectivity index (χ4n) is 2.21. The summed E-state index contributed by atoms with van der Waals surface area (Å²) in [5.41, 5.74) is 2.30. The average molecular weight is 370 g/mol. The Labute approximate surface area is 125 Å². The Hall–Kier alpha value is -1.15. The van der Waals surface area contributed by atoms with Crippen molar-refractivity contribution in [1.82, 2.24) is 14.8 Å². The molecule has 19 heavy (non-hydrogen) atoms. The van der Waals surface area contributed by atoms with Crippen LogP contribution in [0, 0.1) is 3.83 Å². The highest BCUT2D eigenvalue weighted by atomic mass is 127. The molecule has 3 rings (SSSR count). The van der Waals surface area contributed by atoms with Crippen molar-refractivity contribution in [3.8, 4) is 0 Å². The lowest BCUT2D eigenvalue weighted by molar-refractivity contribution is 0.0390. The Morgan fingerprint density at radius 2 is 2.05 bits per heavy atom. The molecule has 100 valence electrons. The number of rotatable bonds is 2. The van der Waals surface area contributed by atoms with E-state index in [0.29, 0.717) is 6.61 Å². The first-order chi connectivity index (χ1) is 9.15. The number of aromatic nitrogens is 3. The molecule has 0 unspecified atom stereocenters. The van der Waals surface area contributed by atoms with E-state index in [1.54, 1.807) is 0 Å². The highest BCUT2D eigenvalue weighted by molar-refractivity contribution is 14.1. The van der Waals surface area contributed by atoms with Crippen LogP contribution in [0.1, 0.15) is 17.5 Å². The van der Waals surface area contributed by atoms with Gasteiger partial charge in [-0.3, -0.25) is 0 Å². The molecule has 2 heterocycles. The summed E-state index contributed by atoms with van der Waals surface area (Å²) in [5.74, 6) is 0.897. The molecule has 0 radical (unpaired) electrons. The summed E-state index contributed by atoms with van der Waals surface area (Å²) in [6.45, 7) is 1.45. The SMILES string of the molecule is CN(C)c1ccc([C@@H]2OCCn3nc(I)nc32)cc1. The molecule has 0 fully saturated rings. The van der Waals surface area contributed by atoms with E-state index < -0.39 is 0 Å². The van der Waals surface area contributed by atoms with Crippen LogP contribution in [0.15, 0.2) is 24.3 Å². The number of fused-ring (bicyclic) bond motifs is 1. The Morgan fingerprint density at radius 3 is 2.74 bits per heavy atom. The van der Waals surface area contributed by atoms with Crippen LogP contribution in [-0.2, 0) is 11.3 Å². The third-order valence-corrected chi connectivity index (χ3v) is 3.67. The van der Waals surface area contributed by atoms with Crippen molar-refractivity contribution in [3.63, 3.8) is 0 Å². The maximum atomic E-state index is 5.86. The zero-order chi connectivity index (χ0) is 13.4. The molecular formula is C13H15IN4O. The fourth-order valence-corrected chi connectivity index (χ4v) is 2.72. The number of hydrogen-bond acceptors (Lipinski definition) is 4. The second kappa shape index (κ2) is 5.09. The van der Waals surface area contributed by atoms with Crippen LogP contribution in [-0.4, -0.2) is 35.5 Å². The average Bonchev–Trinajstić information content (AvgIpc) is 2.78. The lowest BCUT2D eigenvalue weighted by Crippen LogP contribution is -2.23. The molecule has 0 bridgehead atoms. The minimum Gasteiger partial charge on any atom is -0.378 e. The van der Waals surface area contributed by atoms with Crippen molar-refractivity contribution < 1.29 is 4.74 Å². The first-order valence-electron chi connectivity index (χ1n) is 6.14. The Morgan fingerprint density at radius 1 is 1.32 bits per heavy atom. The maximum absolute atomic E-state index is 5.86. The van der Waals surface area contributed by atoms with Crippen molar-refractivity contribution in [2.75, 3.05) is 25.6 Å². The van der Waals surface area contributed by atoms with Crippen LogP contribution in [0.4, 0.5) is 5.69 Å². The van der Waals surface area contributed by atoms with E-state index in [1.165, 1.54) is 5.69 Å². The van der Waals surface area contributed by atoms with Crippen molar-refractivity contribution >= 4 is 28.3 Å². The zero-order valence-electron chi connectivity index (χ0n) is 10.9. The number of ether oxygens (including phenoxy) is 1. The number of nitrogens with zero attached hydrogens (tertiary/aromatic N) is 4. The summed E-state index contributed by atoms with van der Waals surface area (Å²) in [4.78, 5) is 6.55. The highest BCUT2D eigenvalue weighted by Crippen LogP contribution is 2.29. The van der Waals surface area contributed by atoms with Gasteiger partial charge in [0.1, 0.15) is 6.10 Å². The fraction of sp³-hybridized carbons (Fsp3) is 0.385. The molecule has 0 aliphatic carbocycles. The molecule has 5 nitrogen and oxygen atoms in total. The van der Waals surface area contributed by atoms with Gasteiger partial charge in [-0.2, -0.15) is 0 Å². The van der Waals surface area contributed by atoms with E-state index >= 15 is 0 Å². The topological polar surface area (TPSA) is 43.2 Å². The van der Waals surface area contributed by atoms with Crippen LogP contribution in [0.3, 0.4) is 0 Å². The van der Waals surface area contributed by atoms with E-state index in [0.717, 1.165) is 21.8 Å². The summed E-state index contributed by atoms with van der Waals surface area (Å²) < 4.78 is 8.58. The minimum atomic E-state index is -0.110. The van der Waals surface area contributed by atoms with Gasteiger partial charge < -0.3 is 9.64 Å². The molecule has 0 spiro atoms. The third kappa shape index (κ3) is 2.46. The molecule has 1 aliphatic heterocycles. The zero-order valence-corrected chi connectivity index (χ0v) is 13.0. The molecule has 2 aromatic rings. The van der Waals surface area contributed by atoms with Gasteiger partial charge in [0.2, 0.25) is 3.83 Å². The van der Waals surface area contributed by atoms with Gasteiger partial charge in [-0.1, -0.05) is 12.1 Å². The summed E-state index contributed by atoms with van der Waals surface area (Å²) in [7, 11) is 4.07. The molecule has 0 N–H and O–H groups in total. The Balaban J connectivity index is 1.94. The van der Waals surface area contributed by atoms with Gasteiger partial charge in [0.25, 0.3) is 0 Å². The lowest BCUT2D eigenvalue weighted by atomic mass is 10.1. The van der Waals surface area contributed by atoms with Crippen LogP contribution >= 0.6 is 22.6 Å². The van der Waals surface area contributed by atoms with Crippen molar-refractivity contribution in [3.05, 3.63) is 39.5 Å². The van der Waals surface area contributed by atoms with Crippen LogP contribution in [0.5, 0.6) is 0 Å². The largest absolute Gasteiger partial charge is 0.378 e. The van der Waals surface area contributed by atoms with Gasteiger partial charge in [0, 0.05) is 42.4 Å². The second-order valence-corrected chi connectivity index (χ2v) is 5.66. The maximum Gasteiger partial charge on any atom is 0.211 e. The molecule has 1 aliphatic rings. The molecule has 0 saturated heterocycles. The van der Waals surface area contributed by atoms with Gasteiger partial charge in [-0.25, -0.2) is 9.67 Å². The minimum absolute atomic E-state index is 0.110. The van der Waals surface area contributed by atoms with Gasteiger partial charge in [-0.15, -0.1) is 5.10 Å². The Kier molecular flexibility index (Phi) is 3.44. The molecule has 0 saturated carbocycles.